The Morgan fingerprint density at radius 3 is 2.88 bits per heavy atom. The van der Waals surface area contributed by atoms with Gasteiger partial charge in [-0.05, 0) is 11.6 Å². The fourth-order valence-electron chi connectivity index (χ4n) is 1.91. The Balaban J connectivity index is 2.14. The van der Waals surface area contributed by atoms with E-state index in [2.05, 4.69) is 53.3 Å². The molecule has 0 aromatic heterocycles. The Morgan fingerprint density at radius 2 is 2.12 bits per heavy atom. The summed E-state index contributed by atoms with van der Waals surface area (Å²) in [7, 11) is 0. The van der Waals surface area contributed by atoms with Crippen LogP contribution in [0, 0.1) is 5.41 Å². The first-order valence-corrected chi connectivity index (χ1v) is 6.44. The summed E-state index contributed by atoms with van der Waals surface area (Å²) in [4.78, 5) is 0. The summed E-state index contributed by atoms with van der Waals surface area (Å²) in [5.41, 5.74) is 1.45. The van der Waals surface area contributed by atoms with Crippen molar-refractivity contribution in [1.29, 1.82) is 0 Å². The Morgan fingerprint density at radius 1 is 1.38 bits per heavy atom. The summed E-state index contributed by atoms with van der Waals surface area (Å²) in [6, 6.07) is 8.27. The zero-order valence-electron chi connectivity index (χ0n) is 9.79. The summed E-state index contributed by atoms with van der Waals surface area (Å²) in [5.74, 6) is 0. The fraction of sp³-hybridized carbons (Fsp3) is 0.538. The van der Waals surface area contributed by atoms with Gasteiger partial charge >= 0.3 is 0 Å². The summed E-state index contributed by atoms with van der Waals surface area (Å²) in [6.45, 7) is 7.14. The number of halogens is 1. The molecule has 0 aliphatic carbocycles. The molecular formula is C13H18BrNO. The summed E-state index contributed by atoms with van der Waals surface area (Å²) in [6.07, 6.45) is 0.150. The van der Waals surface area contributed by atoms with Gasteiger partial charge in [-0.3, -0.25) is 0 Å². The molecule has 88 valence electrons. The van der Waals surface area contributed by atoms with E-state index in [0.29, 0.717) is 0 Å². The van der Waals surface area contributed by atoms with Crippen LogP contribution in [0.4, 0.5) is 0 Å². The highest BCUT2D eigenvalue weighted by molar-refractivity contribution is 9.10. The lowest BCUT2D eigenvalue weighted by molar-refractivity contribution is 0.0256. The van der Waals surface area contributed by atoms with Crippen LogP contribution in [0.3, 0.4) is 0 Å². The fourth-order valence-corrected chi connectivity index (χ4v) is 2.45. The SMILES string of the molecule is CC1(C)CNCC(c2ccccc2Br)OC1. The van der Waals surface area contributed by atoms with Gasteiger partial charge in [0.25, 0.3) is 0 Å². The van der Waals surface area contributed by atoms with Crippen molar-refractivity contribution in [3.05, 3.63) is 34.3 Å². The van der Waals surface area contributed by atoms with Gasteiger partial charge in [-0.2, -0.15) is 0 Å². The van der Waals surface area contributed by atoms with Gasteiger partial charge in [0, 0.05) is 23.0 Å². The topological polar surface area (TPSA) is 21.3 Å². The van der Waals surface area contributed by atoms with Crippen molar-refractivity contribution in [3.8, 4) is 0 Å². The second-order valence-electron chi connectivity index (χ2n) is 5.12. The third-order valence-electron chi connectivity index (χ3n) is 2.86. The average Bonchev–Trinajstić information content (AvgIpc) is 2.40. The van der Waals surface area contributed by atoms with Crippen LogP contribution in [-0.2, 0) is 4.74 Å². The predicted octanol–water partition coefficient (Wildman–Crippen LogP) is 3.14. The van der Waals surface area contributed by atoms with Gasteiger partial charge in [0.2, 0.25) is 0 Å². The number of hydrogen-bond acceptors (Lipinski definition) is 2. The molecule has 0 amide bonds. The molecule has 0 spiro atoms. The van der Waals surface area contributed by atoms with E-state index in [1.807, 2.05) is 6.07 Å². The number of ether oxygens (including phenoxy) is 1. The second-order valence-corrected chi connectivity index (χ2v) is 5.97. The van der Waals surface area contributed by atoms with Crippen LogP contribution in [0.15, 0.2) is 28.7 Å². The number of nitrogens with one attached hydrogen (secondary N) is 1. The number of benzene rings is 1. The molecule has 3 heteroatoms. The van der Waals surface area contributed by atoms with Crippen molar-refractivity contribution in [1.82, 2.24) is 5.32 Å². The smallest absolute Gasteiger partial charge is 0.0960 e. The van der Waals surface area contributed by atoms with E-state index in [1.165, 1.54) is 5.56 Å². The first-order chi connectivity index (χ1) is 7.58. The van der Waals surface area contributed by atoms with Crippen LogP contribution in [-0.4, -0.2) is 19.7 Å². The van der Waals surface area contributed by atoms with Crippen LogP contribution >= 0.6 is 15.9 Å². The molecule has 1 saturated heterocycles. The van der Waals surface area contributed by atoms with Gasteiger partial charge < -0.3 is 10.1 Å². The van der Waals surface area contributed by atoms with Crippen LogP contribution in [0.25, 0.3) is 0 Å². The Kier molecular flexibility index (Phi) is 3.67. The summed E-state index contributed by atoms with van der Waals surface area (Å²) >= 11 is 3.58. The highest BCUT2D eigenvalue weighted by Gasteiger charge is 2.26. The molecule has 1 aromatic carbocycles. The predicted molar refractivity (Wildman–Crippen MR) is 69.5 cm³/mol. The van der Waals surface area contributed by atoms with Crippen molar-refractivity contribution >= 4 is 15.9 Å². The first-order valence-electron chi connectivity index (χ1n) is 5.65. The molecular weight excluding hydrogens is 266 g/mol. The Hall–Kier alpha value is -0.380. The minimum atomic E-state index is 0.150. The standard InChI is InChI=1S/C13H18BrNO/c1-13(2)8-15-7-12(16-9-13)10-5-3-4-6-11(10)14/h3-6,12,15H,7-9H2,1-2H3. The maximum atomic E-state index is 5.99. The van der Waals surface area contributed by atoms with E-state index in [9.17, 15) is 0 Å². The van der Waals surface area contributed by atoms with Gasteiger partial charge in [-0.1, -0.05) is 48.0 Å². The van der Waals surface area contributed by atoms with Crippen molar-refractivity contribution in [2.45, 2.75) is 20.0 Å². The molecule has 16 heavy (non-hydrogen) atoms. The minimum Gasteiger partial charge on any atom is -0.372 e. The molecule has 1 aliphatic heterocycles. The van der Waals surface area contributed by atoms with Gasteiger partial charge in [-0.15, -0.1) is 0 Å². The largest absolute Gasteiger partial charge is 0.372 e. The van der Waals surface area contributed by atoms with Crippen LogP contribution in [0.1, 0.15) is 25.5 Å². The van der Waals surface area contributed by atoms with Crippen molar-refractivity contribution in [2.75, 3.05) is 19.7 Å². The first kappa shape index (κ1) is 12.1. The molecule has 2 rings (SSSR count). The molecule has 1 aromatic rings. The van der Waals surface area contributed by atoms with Crippen molar-refractivity contribution < 1.29 is 4.74 Å². The summed E-state index contributed by atoms with van der Waals surface area (Å²) < 4.78 is 7.12. The molecule has 0 bridgehead atoms. The van der Waals surface area contributed by atoms with Crippen molar-refractivity contribution in [2.24, 2.45) is 5.41 Å². The lowest BCUT2D eigenvalue weighted by atomic mass is 9.95. The summed E-state index contributed by atoms with van der Waals surface area (Å²) in [5, 5.41) is 3.47. The van der Waals surface area contributed by atoms with E-state index < -0.39 is 0 Å². The van der Waals surface area contributed by atoms with Crippen LogP contribution in [0.2, 0.25) is 0 Å². The van der Waals surface area contributed by atoms with Gasteiger partial charge in [0.15, 0.2) is 0 Å². The van der Waals surface area contributed by atoms with E-state index in [-0.39, 0.29) is 11.5 Å². The lowest BCUT2D eigenvalue weighted by Gasteiger charge is -2.22. The van der Waals surface area contributed by atoms with Gasteiger partial charge in [0.1, 0.15) is 0 Å². The van der Waals surface area contributed by atoms with Crippen molar-refractivity contribution in [3.63, 3.8) is 0 Å². The Bertz CT molecular complexity index is 365. The minimum absolute atomic E-state index is 0.150. The number of hydrogen-bond donors (Lipinski definition) is 1. The maximum absolute atomic E-state index is 5.99. The lowest BCUT2D eigenvalue weighted by Crippen LogP contribution is -2.29. The third kappa shape index (κ3) is 2.84. The zero-order chi connectivity index (χ0) is 11.6. The highest BCUT2D eigenvalue weighted by Crippen LogP contribution is 2.29. The number of rotatable bonds is 1. The molecule has 0 radical (unpaired) electrons. The van der Waals surface area contributed by atoms with Gasteiger partial charge in [0.05, 0.1) is 12.7 Å². The monoisotopic (exact) mass is 283 g/mol. The molecule has 1 atom stereocenters. The molecule has 2 nitrogen and oxygen atoms in total. The average molecular weight is 284 g/mol. The van der Waals surface area contributed by atoms with Crippen LogP contribution < -0.4 is 5.32 Å². The quantitative estimate of drug-likeness (QED) is 0.855. The van der Waals surface area contributed by atoms with E-state index in [0.717, 1.165) is 24.2 Å². The van der Waals surface area contributed by atoms with E-state index >= 15 is 0 Å². The molecule has 1 heterocycles. The maximum Gasteiger partial charge on any atom is 0.0960 e. The normalized spacial score (nSPS) is 25.1. The highest BCUT2D eigenvalue weighted by atomic mass is 79.9. The zero-order valence-corrected chi connectivity index (χ0v) is 11.4. The Labute approximate surface area is 106 Å². The second kappa shape index (κ2) is 4.86. The molecule has 1 aliphatic rings. The van der Waals surface area contributed by atoms with Crippen LogP contribution in [0.5, 0.6) is 0 Å². The third-order valence-corrected chi connectivity index (χ3v) is 3.58. The van der Waals surface area contributed by atoms with E-state index in [4.69, 9.17) is 4.74 Å². The molecule has 1 unspecified atom stereocenters. The van der Waals surface area contributed by atoms with Gasteiger partial charge in [-0.25, -0.2) is 0 Å². The molecule has 0 saturated carbocycles. The molecule has 1 N–H and O–H groups in total. The van der Waals surface area contributed by atoms with E-state index in [1.54, 1.807) is 0 Å². The molecule has 1 fully saturated rings.